The monoisotopic (exact) mass is 325 g/mol. The molecule has 0 bridgehead atoms. The molecule has 0 aliphatic heterocycles. The lowest BCUT2D eigenvalue weighted by Gasteiger charge is -2.34. The van der Waals surface area contributed by atoms with Gasteiger partial charge in [0.05, 0.1) is 11.4 Å². The van der Waals surface area contributed by atoms with Crippen LogP contribution in [0.25, 0.3) is 5.69 Å². The van der Waals surface area contributed by atoms with E-state index in [1.165, 1.54) is 12.8 Å². The van der Waals surface area contributed by atoms with Gasteiger partial charge in [0.15, 0.2) is 0 Å². The summed E-state index contributed by atoms with van der Waals surface area (Å²) in [7, 11) is 0. The van der Waals surface area contributed by atoms with E-state index in [1.54, 1.807) is 0 Å². The molecular formula is C20H27N3O. The van der Waals surface area contributed by atoms with Crippen LogP contribution in [0.15, 0.2) is 30.3 Å². The summed E-state index contributed by atoms with van der Waals surface area (Å²) in [6.45, 7) is 8.55. The number of nitrogens with one attached hydrogen (secondary N) is 1. The highest BCUT2D eigenvalue weighted by atomic mass is 16.1. The Morgan fingerprint density at radius 2 is 1.88 bits per heavy atom. The van der Waals surface area contributed by atoms with E-state index >= 15 is 0 Å². The van der Waals surface area contributed by atoms with Crippen molar-refractivity contribution in [1.82, 2.24) is 15.1 Å². The van der Waals surface area contributed by atoms with E-state index in [2.05, 4.69) is 24.3 Å². The standard InChI is InChI=1S/C20H27N3O/c1-13-6-5-7-19(16(13)4)21-20(24)17-8-10-18(11-9-17)23-15(3)12-14(2)22-23/h8-13,16,19H,5-7H2,1-4H3,(H,21,24)/t13-,16-,19+/m0/s1. The maximum Gasteiger partial charge on any atom is 0.251 e. The molecule has 1 amide bonds. The molecule has 0 unspecified atom stereocenters. The molecular weight excluding hydrogens is 298 g/mol. The lowest BCUT2D eigenvalue weighted by atomic mass is 9.78. The fourth-order valence-electron chi connectivity index (χ4n) is 3.68. The van der Waals surface area contributed by atoms with Gasteiger partial charge in [-0.15, -0.1) is 0 Å². The smallest absolute Gasteiger partial charge is 0.251 e. The van der Waals surface area contributed by atoms with Crippen LogP contribution in [-0.4, -0.2) is 21.7 Å². The Balaban J connectivity index is 1.71. The van der Waals surface area contributed by atoms with Crippen molar-refractivity contribution in [3.05, 3.63) is 47.3 Å². The highest BCUT2D eigenvalue weighted by Crippen LogP contribution is 2.29. The number of hydrogen-bond donors (Lipinski definition) is 1. The lowest BCUT2D eigenvalue weighted by Crippen LogP contribution is -2.43. The molecule has 1 saturated carbocycles. The largest absolute Gasteiger partial charge is 0.349 e. The second-order valence-electron chi connectivity index (χ2n) is 7.23. The molecule has 2 aromatic rings. The van der Waals surface area contributed by atoms with Crippen LogP contribution in [0.2, 0.25) is 0 Å². The fraction of sp³-hybridized carbons (Fsp3) is 0.500. The number of aryl methyl sites for hydroxylation is 2. The Hall–Kier alpha value is -2.10. The first-order chi connectivity index (χ1) is 11.5. The molecule has 24 heavy (non-hydrogen) atoms. The van der Waals surface area contributed by atoms with E-state index in [0.29, 0.717) is 17.4 Å². The van der Waals surface area contributed by atoms with Crippen molar-refractivity contribution in [1.29, 1.82) is 0 Å². The van der Waals surface area contributed by atoms with Crippen LogP contribution in [0.1, 0.15) is 54.9 Å². The zero-order chi connectivity index (χ0) is 17.3. The molecule has 4 nitrogen and oxygen atoms in total. The van der Waals surface area contributed by atoms with Gasteiger partial charge < -0.3 is 5.32 Å². The van der Waals surface area contributed by atoms with E-state index in [9.17, 15) is 4.79 Å². The molecule has 1 fully saturated rings. The first kappa shape index (κ1) is 16.7. The SMILES string of the molecule is Cc1cc(C)n(-c2ccc(C(=O)N[C@@H]3CCC[C@H](C)[C@@H]3C)cc2)n1. The van der Waals surface area contributed by atoms with Gasteiger partial charge in [-0.1, -0.05) is 26.7 Å². The predicted molar refractivity (Wildman–Crippen MR) is 96.5 cm³/mol. The molecule has 1 N–H and O–H groups in total. The van der Waals surface area contributed by atoms with Crippen LogP contribution in [0.5, 0.6) is 0 Å². The third kappa shape index (κ3) is 3.37. The van der Waals surface area contributed by atoms with E-state index in [4.69, 9.17) is 0 Å². The Morgan fingerprint density at radius 3 is 2.50 bits per heavy atom. The molecule has 128 valence electrons. The first-order valence-electron chi connectivity index (χ1n) is 8.90. The summed E-state index contributed by atoms with van der Waals surface area (Å²) in [5.41, 5.74) is 3.78. The molecule has 1 heterocycles. The van der Waals surface area contributed by atoms with Crippen LogP contribution >= 0.6 is 0 Å². The van der Waals surface area contributed by atoms with Crippen LogP contribution < -0.4 is 5.32 Å². The maximum absolute atomic E-state index is 12.6. The van der Waals surface area contributed by atoms with Gasteiger partial charge in [0.1, 0.15) is 0 Å². The van der Waals surface area contributed by atoms with Crippen LogP contribution in [0.3, 0.4) is 0 Å². The topological polar surface area (TPSA) is 46.9 Å². The van der Waals surface area contributed by atoms with Crippen molar-refractivity contribution in [2.75, 3.05) is 0 Å². The summed E-state index contributed by atoms with van der Waals surface area (Å²) in [5, 5.41) is 7.71. The molecule has 0 saturated heterocycles. The van der Waals surface area contributed by atoms with Crippen LogP contribution in [0.4, 0.5) is 0 Å². The Kier molecular flexibility index (Phi) is 4.74. The number of amides is 1. The molecule has 0 spiro atoms. The Bertz CT molecular complexity index is 717. The quantitative estimate of drug-likeness (QED) is 0.925. The molecule has 3 atom stereocenters. The summed E-state index contributed by atoms with van der Waals surface area (Å²) in [6, 6.07) is 10.0. The summed E-state index contributed by atoms with van der Waals surface area (Å²) in [6.07, 6.45) is 3.55. The van der Waals surface area contributed by atoms with Crippen LogP contribution in [0, 0.1) is 25.7 Å². The predicted octanol–water partition coefficient (Wildman–Crippen LogP) is 4.04. The minimum atomic E-state index is 0.0286. The highest BCUT2D eigenvalue weighted by molar-refractivity contribution is 5.94. The molecule has 1 aliphatic carbocycles. The van der Waals surface area contributed by atoms with Crippen molar-refractivity contribution < 1.29 is 4.79 Å². The molecule has 1 aliphatic rings. The zero-order valence-electron chi connectivity index (χ0n) is 15.0. The number of aromatic nitrogens is 2. The van der Waals surface area contributed by atoms with Crippen molar-refractivity contribution in [3.8, 4) is 5.69 Å². The third-order valence-corrected chi connectivity index (χ3v) is 5.41. The number of nitrogens with zero attached hydrogens (tertiary/aromatic N) is 2. The highest BCUT2D eigenvalue weighted by Gasteiger charge is 2.28. The van der Waals surface area contributed by atoms with Crippen molar-refractivity contribution in [3.63, 3.8) is 0 Å². The van der Waals surface area contributed by atoms with Gasteiger partial charge in [0.2, 0.25) is 0 Å². The fourth-order valence-corrected chi connectivity index (χ4v) is 3.68. The minimum Gasteiger partial charge on any atom is -0.349 e. The van der Waals surface area contributed by atoms with Crippen molar-refractivity contribution >= 4 is 5.91 Å². The van der Waals surface area contributed by atoms with Gasteiger partial charge in [-0.3, -0.25) is 4.79 Å². The number of benzene rings is 1. The van der Waals surface area contributed by atoms with Crippen molar-refractivity contribution in [2.24, 2.45) is 11.8 Å². The lowest BCUT2D eigenvalue weighted by molar-refractivity contribution is 0.0891. The van der Waals surface area contributed by atoms with E-state index < -0.39 is 0 Å². The summed E-state index contributed by atoms with van der Waals surface area (Å²) in [4.78, 5) is 12.6. The average Bonchev–Trinajstić information content (AvgIpc) is 2.90. The van der Waals surface area contributed by atoms with Gasteiger partial charge in [-0.05, 0) is 62.4 Å². The normalized spacial score (nSPS) is 23.9. The molecule has 0 radical (unpaired) electrons. The number of carbonyl (C=O) groups excluding carboxylic acids is 1. The second kappa shape index (κ2) is 6.80. The Morgan fingerprint density at radius 1 is 1.17 bits per heavy atom. The summed E-state index contributed by atoms with van der Waals surface area (Å²) < 4.78 is 1.90. The molecule has 1 aromatic heterocycles. The van der Waals surface area contributed by atoms with E-state index in [1.807, 2.05) is 48.9 Å². The minimum absolute atomic E-state index is 0.0286. The van der Waals surface area contributed by atoms with Gasteiger partial charge in [-0.25, -0.2) is 4.68 Å². The zero-order valence-corrected chi connectivity index (χ0v) is 15.0. The van der Waals surface area contributed by atoms with Crippen molar-refractivity contribution in [2.45, 2.75) is 53.0 Å². The first-order valence-corrected chi connectivity index (χ1v) is 8.90. The Labute approximate surface area is 144 Å². The van der Waals surface area contributed by atoms with E-state index in [0.717, 1.165) is 23.5 Å². The van der Waals surface area contributed by atoms with Gasteiger partial charge in [0, 0.05) is 17.3 Å². The maximum atomic E-state index is 12.6. The molecule has 4 heteroatoms. The molecule has 3 rings (SSSR count). The average molecular weight is 325 g/mol. The number of rotatable bonds is 3. The molecule has 1 aromatic carbocycles. The second-order valence-corrected chi connectivity index (χ2v) is 7.23. The van der Waals surface area contributed by atoms with Gasteiger partial charge in [0.25, 0.3) is 5.91 Å². The summed E-state index contributed by atoms with van der Waals surface area (Å²) >= 11 is 0. The third-order valence-electron chi connectivity index (χ3n) is 5.41. The van der Waals surface area contributed by atoms with Gasteiger partial charge >= 0.3 is 0 Å². The van der Waals surface area contributed by atoms with Crippen LogP contribution in [-0.2, 0) is 0 Å². The number of carbonyl (C=O) groups is 1. The van der Waals surface area contributed by atoms with E-state index in [-0.39, 0.29) is 11.9 Å². The summed E-state index contributed by atoms with van der Waals surface area (Å²) in [5.74, 6) is 1.25. The van der Waals surface area contributed by atoms with Gasteiger partial charge in [-0.2, -0.15) is 5.10 Å². The number of hydrogen-bond acceptors (Lipinski definition) is 2.